The highest BCUT2D eigenvalue weighted by Crippen LogP contribution is 2.42. The van der Waals surface area contributed by atoms with Gasteiger partial charge >= 0.3 is 12.6 Å². The van der Waals surface area contributed by atoms with E-state index in [-0.39, 0.29) is 34.7 Å². The van der Waals surface area contributed by atoms with Crippen LogP contribution in [0.4, 0.5) is 13.2 Å². The van der Waals surface area contributed by atoms with Crippen LogP contribution in [0.5, 0.6) is 11.5 Å². The molecular formula is C25H22F3N3O4. The molecule has 0 saturated carbocycles. The summed E-state index contributed by atoms with van der Waals surface area (Å²) in [5, 5.41) is 13.0. The SMILES string of the molecule is CC(C)c1nc2c(F)ccc(OCC(=O)O)c2c(OC(F)F)c1Cc1ccc(-n2cccn2)cc1. The molecule has 10 heteroatoms. The van der Waals surface area contributed by atoms with E-state index in [9.17, 15) is 18.0 Å². The molecule has 1 N–H and O–H groups in total. The van der Waals surface area contributed by atoms with E-state index in [0.717, 1.165) is 17.3 Å². The van der Waals surface area contributed by atoms with Gasteiger partial charge < -0.3 is 14.6 Å². The van der Waals surface area contributed by atoms with Crippen LogP contribution in [0, 0.1) is 5.82 Å². The Bertz CT molecular complexity index is 1340. The second-order valence-electron chi connectivity index (χ2n) is 8.08. The Morgan fingerprint density at radius 1 is 1.14 bits per heavy atom. The summed E-state index contributed by atoms with van der Waals surface area (Å²) in [7, 11) is 0. The molecule has 0 aliphatic rings. The first kappa shape index (κ1) is 24.1. The highest BCUT2D eigenvalue weighted by molar-refractivity contribution is 5.93. The Morgan fingerprint density at radius 2 is 1.89 bits per heavy atom. The molecule has 0 saturated heterocycles. The number of carboxylic acids is 1. The minimum atomic E-state index is -3.21. The van der Waals surface area contributed by atoms with Gasteiger partial charge in [0.25, 0.3) is 0 Å². The number of halogens is 3. The maximum absolute atomic E-state index is 14.8. The van der Waals surface area contributed by atoms with Crippen molar-refractivity contribution in [1.82, 2.24) is 14.8 Å². The van der Waals surface area contributed by atoms with E-state index in [1.54, 1.807) is 23.1 Å². The molecule has 2 aromatic heterocycles. The van der Waals surface area contributed by atoms with Crippen LogP contribution < -0.4 is 9.47 Å². The number of benzene rings is 2. The summed E-state index contributed by atoms with van der Waals surface area (Å²) in [6.07, 6.45) is 3.61. The van der Waals surface area contributed by atoms with Crippen molar-refractivity contribution in [2.45, 2.75) is 32.8 Å². The van der Waals surface area contributed by atoms with E-state index in [1.165, 1.54) is 6.07 Å². The zero-order valence-corrected chi connectivity index (χ0v) is 18.9. The Kier molecular flexibility index (Phi) is 6.90. The number of rotatable bonds is 9. The number of alkyl halides is 2. The molecule has 0 atom stereocenters. The van der Waals surface area contributed by atoms with E-state index >= 15 is 0 Å². The topological polar surface area (TPSA) is 86.5 Å². The summed E-state index contributed by atoms with van der Waals surface area (Å²) in [4.78, 5) is 15.5. The lowest BCUT2D eigenvalue weighted by Gasteiger charge is -2.21. The number of pyridine rings is 1. The molecule has 0 aliphatic heterocycles. The summed E-state index contributed by atoms with van der Waals surface area (Å²) in [5.41, 5.74) is 2.08. The number of carbonyl (C=O) groups is 1. The monoisotopic (exact) mass is 485 g/mol. The van der Waals surface area contributed by atoms with E-state index in [4.69, 9.17) is 14.6 Å². The molecule has 2 aromatic carbocycles. The van der Waals surface area contributed by atoms with Crippen LogP contribution in [0.15, 0.2) is 54.9 Å². The van der Waals surface area contributed by atoms with Crippen molar-refractivity contribution in [1.29, 1.82) is 0 Å². The van der Waals surface area contributed by atoms with Gasteiger partial charge in [0.2, 0.25) is 0 Å². The lowest BCUT2D eigenvalue weighted by Crippen LogP contribution is -2.13. The van der Waals surface area contributed by atoms with E-state index in [1.807, 2.05) is 38.1 Å². The molecule has 0 spiro atoms. The summed E-state index contributed by atoms with van der Waals surface area (Å²) in [6, 6.07) is 11.3. The maximum Gasteiger partial charge on any atom is 0.387 e. The Balaban J connectivity index is 1.89. The number of nitrogens with zero attached hydrogens (tertiary/aromatic N) is 3. The molecule has 35 heavy (non-hydrogen) atoms. The molecule has 0 aliphatic carbocycles. The van der Waals surface area contributed by atoms with E-state index in [2.05, 4.69) is 10.1 Å². The van der Waals surface area contributed by atoms with Crippen molar-refractivity contribution in [2.75, 3.05) is 6.61 Å². The third-order valence-electron chi connectivity index (χ3n) is 5.32. The van der Waals surface area contributed by atoms with Gasteiger partial charge in [-0.1, -0.05) is 26.0 Å². The maximum atomic E-state index is 14.8. The fourth-order valence-corrected chi connectivity index (χ4v) is 3.85. The zero-order valence-electron chi connectivity index (χ0n) is 18.9. The molecule has 4 aromatic rings. The van der Waals surface area contributed by atoms with Gasteiger partial charge in [-0.2, -0.15) is 13.9 Å². The first-order chi connectivity index (χ1) is 16.7. The third-order valence-corrected chi connectivity index (χ3v) is 5.32. The molecule has 4 rings (SSSR count). The van der Waals surface area contributed by atoms with Crippen LogP contribution in [0.3, 0.4) is 0 Å². The minimum absolute atomic E-state index is 0.113. The van der Waals surface area contributed by atoms with Crippen molar-refractivity contribution < 1.29 is 32.5 Å². The predicted molar refractivity (Wildman–Crippen MR) is 122 cm³/mol. The van der Waals surface area contributed by atoms with Crippen molar-refractivity contribution in [3.63, 3.8) is 0 Å². The highest BCUT2D eigenvalue weighted by Gasteiger charge is 2.25. The van der Waals surface area contributed by atoms with Gasteiger partial charge in [0, 0.05) is 24.4 Å². The lowest BCUT2D eigenvalue weighted by atomic mass is 9.94. The summed E-state index contributed by atoms with van der Waals surface area (Å²) in [5.74, 6) is -2.69. The van der Waals surface area contributed by atoms with Crippen LogP contribution in [-0.4, -0.2) is 39.1 Å². The van der Waals surface area contributed by atoms with Gasteiger partial charge in [-0.05, 0) is 41.8 Å². The van der Waals surface area contributed by atoms with Crippen LogP contribution in [0.25, 0.3) is 16.6 Å². The van der Waals surface area contributed by atoms with Crippen LogP contribution >= 0.6 is 0 Å². The number of carboxylic acid groups (broad SMARTS) is 1. The zero-order chi connectivity index (χ0) is 25.1. The minimum Gasteiger partial charge on any atom is -0.481 e. The number of hydrogen-bond acceptors (Lipinski definition) is 5. The fourth-order valence-electron chi connectivity index (χ4n) is 3.85. The van der Waals surface area contributed by atoms with Gasteiger partial charge in [-0.15, -0.1) is 0 Å². The first-order valence-corrected chi connectivity index (χ1v) is 10.8. The third kappa shape index (κ3) is 5.21. The lowest BCUT2D eigenvalue weighted by molar-refractivity contribution is -0.139. The smallest absolute Gasteiger partial charge is 0.387 e. The number of hydrogen-bond donors (Lipinski definition) is 1. The average molecular weight is 485 g/mol. The van der Waals surface area contributed by atoms with Crippen molar-refractivity contribution >= 4 is 16.9 Å². The number of aromatic nitrogens is 3. The molecule has 0 radical (unpaired) electrons. The second-order valence-corrected chi connectivity index (χ2v) is 8.08. The molecule has 2 heterocycles. The van der Waals surface area contributed by atoms with E-state index < -0.39 is 25.0 Å². The van der Waals surface area contributed by atoms with Crippen molar-refractivity contribution in [2.24, 2.45) is 0 Å². The Morgan fingerprint density at radius 3 is 2.49 bits per heavy atom. The van der Waals surface area contributed by atoms with Gasteiger partial charge in [-0.3, -0.25) is 0 Å². The van der Waals surface area contributed by atoms with Gasteiger partial charge in [0.1, 0.15) is 22.8 Å². The largest absolute Gasteiger partial charge is 0.481 e. The number of fused-ring (bicyclic) bond motifs is 1. The van der Waals surface area contributed by atoms with Crippen LogP contribution in [0.2, 0.25) is 0 Å². The van der Waals surface area contributed by atoms with Gasteiger partial charge in [-0.25, -0.2) is 18.9 Å². The van der Waals surface area contributed by atoms with E-state index in [0.29, 0.717) is 11.3 Å². The second kappa shape index (κ2) is 10.0. The summed E-state index contributed by atoms with van der Waals surface area (Å²) < 4.78 is 53.8. The first-order valence-electron chi connectivity index (χ1n) is 10.8. The average Bonchev–Trinajstić information content (AvgIpc) is 3.35. The fraction of sp³-hybridized carbons (Fsp3) is 0.240. The van der Waals surface area contributed by atoms with Crippen molar-refractivity contribution in [3.8, 4) is 17.2 Å². The number of ether oxygens (including phenoxy) is 2. The van der Waals surface area contributed by atoms with Crippen LogP contribution in [-0.2, 0) is 11.2 Å². The molecule has 0 amide bonds. The Labute approximate surface area is 198 Å². The highest BCUT2D eigenvalue weighted by atomic mass is 19.3. The Hall–Kier alpha value is -4.08. The predicted octanol–water partition coefficient (Wildman–Crippen LogP) is 5.34. The van der Waals surface area contributed by atoms with Gasteiger partial charge in [0.15, 0.2) is 6.61 Å². The molecule has 0 unspecified atom stereocenters. The molecular weight excluding hydrogens is 463 g/mol. The molecule has 0 fully saturated rings. The summed E-state index contributed by atoms with van der Waals surface area (Å²) >= 11 is 0. The molecule has 0 bridgehead atoms. The normalized spacial score (nSPS) is 11.4. The number of aliphatic carboxylic acids is 1. The van der Waals surface area contributed by atoms with Gasteiger partial charge in [0.05, 0.1) is 16.8 Å². The molecule has 7 nitrogen and oxygen atoms in total. The summed E-state index contributed by atoms with van der Waals surface area (Å²) in [6.45, 7) is -0.330. The standard InChI is InChI=1S/C25H22F3N3O4/c1-14(2)22-17(12-15-4-6-16(7-5-15)31-11-3-10-29-31)24(35-25(27)28)21-19(34-13-20(32)33)9-8-18(26)23(21)30-22/h3-11,14,25H,12-13H2,1-2H3,(H,32,33). The molecule has 182 valence electrons. The van der Waals surface area contributed by atoms with Crippen molar-refractivity contribution in [3.05, 3.63) is 77.5 Å². The van der Waals surface area contributed by atoms with Crippen LogP contribution in [0.1, 0.15) is 36.6 Å². The quantitative estimate of drug-likeness (QED) is 0.345.